The van der Waals surface area contributed by atoms with Crippen molar-refractivity contribution in [2.24, 2.45) is 0 Å². The summed E-state index contributed by atoms with van der Waals surface area (Å²) < 4.78 is 27.4. The summed E-state index contributed by atoms with van der Waals surface area (Å²) in [4.78, 5) is 80.0. The molecule has 0 bridgehead atoms. The Bertz CT molecular complexity index is 1770. The number of nitrogens with zero attached hydrogens (tertiary/aromatic N) is 1. The zero-order valence-electron chi connectivity index (χ0n) is 28.3. The van der Waals surface area contributed by atoms with Gasteiger partial charge in [-0.2, -0.15) is 0 Å². The Hall–Kier alpha value is -5.57. The molecule has 0 unspecified atom stereocenters. The maximum absolute atomic E-state index is 14.3. The Morgan fingerprint density at radius 2 is 1.63 bits per heavy atom. The van der Waals surface area contributed by atoms with Gasteiger partial charge in [0.05, 0.1) is 12.7 Å². The topological polar surface area (TPSA) is 180 Å². The number of carbonyl (C=O) groups is 6. The number of nitrogens with one attached hydrogen (secondary N) is 2. The molecule has 2 aliphatic heterocycles. The number of carbonyl (C=O) groups excluding carboxylic acids is 6. The van der Waals surface area contributed by atoms with E-state index in [1.54, 1.807) is 81.4 Å². The Labute approximate surface area is 297 Å². The first-order valence-corrected chi connectivity index (χ1v) is 17.0. The number of hydrogen-bond acceptors (Lipinski definition) is 12. The van der Waals surface area contributed by atoms with Crippen LogP contribution < -0.4 is 10.6 Å². The van der Waals surface area contributed by atoms with Crippen LogP contribution in [0.2, 0.25) is 0 Å². The standard InChI is InChI=1S/C36H37N3O11S/c1-22(40)47-20-25-21-51-33-36(38-27(41)18-26-16-11-17-46-26,49-28(42)19-37-34(45)50-35(2,3)4)32(44)39(33)29(25)31(43)48-30(23-12-7-5-8-13-23)24-14-9-6-10-15-24/h5-17,30,33H,18-21H2,1-4H3,(H,37,45)(H,38,41)/t33-,36+/m1/s1. The number of β-lactam (4-membered cyclic amide) rings is 1. The van der Waals surface area contributed by atoms with Gasteiger partial charge in [0.15, 0.2) is 11.5 Å². The highest BCUT2D eigenvalue weighted by Crippen LogP contribution is 2.47. The Morgan fingerprint density at radius 1 is 0.980 bits per heavy atom. The van der Waals surface area contributed by atoms with Crippen LogP contribution in [0, 0.1) is 0 Å². The third-order valence-electron chi connectivity index (χ3n) is 7.47. The number of thioether (sulfide) groups is 1. The summed E-state index contributed by atoms with van der Waals surface area (Å²) in [5.41, 5.74) is -1.79. The molecule has 1 saturated heterocycles. The van der Waals surface area contributed by atoms with Gasteiger partial charge in [0.1, 0.15) is 30.2 Å². The lowest BCUT2D eigenvalue weighted by Gasteiger charge is -2.55. The lowest BCUT2D eigenvalue weighted by atomic mass is 9.97. The number of ether oxygens (including phenoxy) is 4. The first-order valence-electron chi connectivity index (χ1n) is 15.9. The van der Waals surface area contributed by atoms with Crippen molar-refractivity contribution in [1.29, 1.82) is 0 Å². The fourth-order valence-electron chi connectivity index (χ4n) is 5.36. The summed E-state index contributed by atoms with van der Waals surface area (Å²) in [6.07, 6.45) is -0.718. The van der Waals surface area contributed by atoms with Crippen LogP contribution in [0.5, 0.6) is 0 Å². The van der Waals surface area contributed by atoms with Crippen LogP contribution in [0.1, 0.15) is 50.7 Å². The van der Waals surface area contributed by atoms with Gasteiger partial charge in [0.25, 0.3) is 11.6 Å². The maximum Gasteiger partial charge on any atom is 0.408 e. The number of amides is 3. The van der Waals surface area contributed by atoms with Crippen molar-refractivity contribution in [1.82, 2.24) is 15.5 Å². The second kappa shape index (κ2) is 15.5. The zero-order chi connectivity index (χ0) is 36.8. The molecule has 51 heavy (non-hydrogen) atoms. The SMILES string of the molecule is CC(=O)OCC1=C(C(=O)OC(c2ccccc2)c2ccccc2)N2C(=O)[C@](NC(=O)Cc3ccco3)(OC(=O)CNC(=O)OC(C)(C)C)[C@H]2SC1. The summed E-state index contributed by atoms with van der Waals surface area (Å²) in [5, 5.41) is 3.65. The van der Waals surface area contributed by atoms with Crippen molar-refractivity contribution < 1.29 is 52.1 Å². The lowest BCUT2D eigenvalue weighted by molar-refractivity contribution is -0.203. The van der Waals surface area contributed by atoms with Crippen LogP contribution in [0.3, 0.4) is 0 Å². The smallest absolute Gasteiger partial charge is 0.408 e. The third kappa shape index (κ3) is 8.78. The molecule has 0 spiro atoms. The number of alkyl carbamates (subject to hydrolysis) is 1. The van der Waals surface area contributed by atoms with Crippen LogP contribution in [0.4, 0.5) is 4.79 Å². The molecule has 0 aliphatic carbocycles. The van der Waals surface area contributed by atoms with Gasteiger partial charge in [-0.1, -0.05) is 60.7 Å². The molecule has 15 heteroatoms. The fourth-order valence-corrected chi connectivity index (χ4v) is 6.73. The molecule has 2 N–H and O–H groups in total. The maximum atomic E-state index is 14.3. The second-order valence-corrected chi connectivity index (χ2v) is 13.6. The van der Waals surface area contributed by atoms with E-state index in [4.69, 9.17) is 23.4 Å². The molecule has 3 heterocycles. The third-order valence-corrected chi connectivity index (χ3v) is 8.85. The van der Waals surface area contributed by atoms with Gasteiger partial charge >= 0.3 is 24.0 Å². The first kappa shape index (κ1) is 36.7. The molecule has 0 saturated carbocycles. The molecule has 0 radical (unpaired) electrons. The summed E-state index contributed by atoms with van der Waals surface area (Å²) in [5.74, 6) is -3.99. The van der Waals surface area contributed by atoms with E-state index in [0.29, 0.717) is 11.1 Å². The average molecular weight is 720 g/mol. The molecule has 2 atom stereocenters. The molecule has 2 aliphatic rings. The van der Waals surface area contributed by atoms with Crippen molar-refractivity contribution in [3.05, 3.63) is 107 Å². The number of rotatable bonds is 12. The van der Waals surface area contributed by atoms with Gasteiger partial charge in [0.2, 0.25) is 5.91 Å². The molecule has 1 aromatic heterocycles. The number of hydrogen-bond donors (Lipinski definition) is 2. The van der Waals surface area contributed by atoms with Crippen LogP contribution in [0.25, 0.3) is 0 Å². The monoisotopic (exact) mass is 719 g/mol. The summed E-state index contributed by atoms with van der Waals surface area (Å²) in [7, 11) is 0. The minimum atomic E-state index is -2.29. The van der Waals surface area contributed by atoms with Gasteiger partial charge in [-0.05, 0) is 44.0 Å². The van der Waals surface area contributed by atoms with Gasteiger partial charge in [-0.25, -0.2) is 9.59 Å². The predicted molar refractivity (Wildman–Crippen MR) is 181 cm³/mol. The normalized spacial score (nSPS) is 18.3. The van der Waals surface area contributed by atoms with Gasteiger partial charge in [0, 0.05) is 18.2 Å². The van der Waals surface area contributed by atoms with Crippen molar-refractivity contribution in [2.75, 3.05) is 18.9 Å². The Morgan fingerprint density at radius 3 is 2.20 bits per heavy atom. The van der Waals surface area contributed by atoms with E-state index in [0.717, 1.165) is 16.7 Å². The molecular weight excluding hydrogens is 682 g/mol. The average Bonchev–Trinajstić information content (AvgIpc) is 3.60. The first-order chi connectivity index (χ1) is 24.3. The Balaban J connectivity index is 1.46. The highest BCUT2D eigenvalue weighted by molar-refractivity contribution is 8.00. The summed E-state index contributed by atoms with van der Waals surface area (Å²) in [6.45, 7) is 5.10. The van der Waals surface area contributed by atoms with E-state index in [9.17, 15) is 28.8 Å². The fraction of sp³-hybridized carbons (Fsp3) is 0.333. The lowest BCUT2D eigenvalue weighted by Crippen LogP contribution is -2.81. The zero-order valence-corrected chi connectivity index (χ0v) is 29.2. The van der Waals surface area contributed by atoms with E-state index < -0.39 is 65.2 Å². The van der Waals surface area contributed by atoms with E-state index in [1.165, 1.54) is 13.2 Å². The van der Waals surface area contributed by atoms with Crippen LogP contribution in [-0.4, -0.2) is 76.3 Å². The number of furan rings is 1. The predicted octanol–water partition coefficient (Wildman–Crippen LogP) is 3.77. The van der Waals surface area contributed by atoms with Gasteiger partial charge in [-0.3, -0.25) is 24.1 Å². The molecule has 14 nitrogen and oxygen atoms in total. The molecule has 3 aromatic rings. The molecule has 3 amide bonds. The van der Waals surface area contributed by atoms with Crippen molar-refractivity contribution in [3.63, 3.8) is 0 Å². The molecule has 268 valence electrons. The second-order valence-electron chi connectivity index (χ2n) is 12.5. The molecule has 2 aromatic carbocycles. The van der Waals surface area contributed by atoms with Gasteiger partial charge in [-0.15, -0.1) is 11.8 Å². The minimum absolute atomic E-state index is 0.0248. The quantitative estimate of drug-likeness (QED) is 0.120. The summed E-state index contributed by atoms with van der Waals surface area (Å²) >= 11 is 1.06. The molecular formula is C36H37N3O11S. The number of benzene rings is 2. The highest BCUT2D eigenvalue weighted by Gasteiger charge is 2.69. The highest BCUT2D eigenvalue weighted by atomic mass is 32.2. The Kier molecular flexibility index (Phi) is 11.2. The van der Waals surface area contributed by atoms with Crippen LogP contribution >= 0.6 is 11.8 Å². The van der Waals surface area contributed by atoms with E-state index >= 15 is 0 Å². The number of fused-ring (bicyclic) bond motifs is 1. The van der Waals surface area contributed by atoms with Crippen LogP contribution in [0.15, 0.2) is 94.7 Å². The van der Waals surface area contributed by atoms with Crippen molar-refractivity contribution >= 4 is 47.6 Å². The molecule has 1 fully saturated rings. The number of esters is 3. The van der Waals surface area contributed by atoms with E-state index in [-0.39, 0.29) is 35.8 Å². The van der Waals surface area contributed by atoms with E-state index in [2.05, 4.69) is 10.6 Å². The minimum Gasteiger partial charge on any atom is -0.469 e. The van der Waals surface area contributed by atoms with Crippen LogP contribution in [-0.2, 0) is 49.3 Å². The van der Waals surface area contributed by atoms with Gasteiger partial charge < -0.3 is 34.0 Å². The largest absolute Gasteiger partial charge is 0.469 e. The van der Waals surface area contributed by atoms with Crippen molar-refractivity contribution in [3.8, 4) is 0 Å². The summed E-state index contributed by atoms with van der Waals surface area (Å²) in [6, 6.07) is 21.1. The van der Waals surface area contributed by atoms with E-state index in [1.807, 2.05) is 12.1 Å². The molecule has 5 rings (SSSR count). The van der Waals surface area contributed by atoms with Crippen molar-refractivity contribution in [2.45, 2.75) is 56.9 Å².